The van der Waals surface area contributed by atoms with Crippen molar-refractivity contribution in [1.29, 1.82) is 0 Å². The topological polar surface area (TPSA) is 68.1 Å². The molecule has 14 heavy (non-hydrogen) atoms. The van der Waals surface area contributed by atoms with Crippen molar-refractivity contribution in [1.82, 2.24) is 4.98 Å². The number of ether oxygens (including phenoxy) is 1. The number of nitrogens with one attached hydrogen (secondary N) is 1. The molecule has 0 amide bonds. The fourth-order valence-corrected chi connectivity index (χ4v) is 1.40. The lowest BCUT2D eigenvalue weighted by Gasteiger charge is -1.92. The molecule has 0 radical (unpaired) electrons. The van der Waals surface area contributed by atoms with Crippen molar-refractivity contribution in [3.05, 3.63) is 30.0 Å². The van der Waals surface area contributed by atoms with Gasteiger partial charge in [-0.25, -0.2) is 4.79 Å². The summed E-state index contributed by atoms with van der Waals surface area (Å²) in [6.45, 7) is 0. The van der Waals surface area contributed by atoms with Crippen molar-refractivity contribution in [3.63, 3.8) is 0 Å². The molecule has 3 N–H and O–H groups in total. The van der Waals surface area contributed by atoms with Crippen LogP contribution in [0.2, 0.25) is 0 Å². The summed E-state index contributed by atoms with van der Waals surface area (Å²) in [6.07, 6.45) is 0. The molecule has 0 spiro atoms. The van der Waals surface area contributed by atoms with Gasteiger partial charge in [-0.1, -0.05) is 6.07 Å². The molecule has 1 heterocycles. The number of carbonyl (C=O) groups excluding carboxylic acids is 1. The van der Waals surface area contributed by atoms with Crippen LogP contribution >= 0.6 is 0 Å². The minimum Gasteiger partial charge on any atom is -0.464 e. The molecule has 0 saturated carbocycles. The Morgan fingerprint density at radius 1 is 1.50 bits per heavy atom. The largest absolute Gasteiger partial charge is 0.464 e. The molecule has 1 aromatic carbocycles. The molecule has 0 bridgehead atoms. The predicted octanol–water partition coefficient (Wildman–Crippen LogP) is 1.54. The van der Waals surface area contributed by atoms with Crippen molar-refractivity contribution < 1.29 is 9.53 Å². The number of hydrogen-bond donors (Lipinski definition) is 2. The Morgan fingerprint density at radius 2 is 2.29 bits per heavy atom. The van der Waals surface area contributed by atoms with Crippen LogP contribution in [0.5, 0.6) is 0 Å². The molecule has 0 fully saturated rings. The zero-order valence-electron chi connectivity index (χ0n) is 7.70. The number of nitrogens with two attached hydrogens (primary N) is 1. The summed E-state index contributed by atoms with van der Waals surface area (Å²) in [5, 5.41) is 0.841. The third kappa shape index (κ3) is 1.21. The third-order valence-corrected chi connectivity index (χ3v) is 2.10. The number of H-pyrrole nitrogens is 1. The molecular formula is C10H10N2O2. The van der Waals surface area contributed by atoms with Crippen LogP contribution < -0.4 is 5.73 Å². The highest BCUT2D eigenvalue weighted by Crippen LogP contribution is 2.21. The minimum absolute atomic E-state index is 0.388. The first-order chi connectivity index (χ1) is 6.72. The molecule has 0 aliphatic rings. The molecular weight excluding hydrogens is 180 g/mol. The van der Waals surface area contributed by atoms with Gasteiger partial charge in [-0.2, -0.15) is 0 Å². The molecule has 2 rings (SSSR count). The fraction of sp³-hybridized carbons (Fsp3) is 0.100. The molecule has 0 saturated heterocycles. The standard InChI is InChI=1S/C10H10N2O2/c1-14-10(13)9-5-6-7(11)3-2-4-8(6)12-9/h2-5,12H,11H2,1H3. The normalized spacial score (nSPS) is 10.4. The van der Waals surface area contributed by atoms with Gasteiger partial charge in [-0.15, -0.1) is 0 Å². The highest BCUT2D eigenvalue weighted by Gasteiger charge is 2.09. The van der Waals surface area contributed by atoms with E-state index in [0.717, 1.165) is 10.9 Å². The monoisotopic (exact) mass is 190 g/mol. The average molecular weight is 190 g/mol. The van der Waals surface area contributed by atoms with E-state index >= 15 is 0 Å². The second-order valence-electron chi connectivity index (χ2n) is 2.98. The summed E-state index contributed by atoms with van der Waals surface area (Å²) in [6, 6.07) is 7.17. The van der Waals surface area contributed by atoms with Crippen LogP contribution in [-0.4, -0.2) is 18.1 Å². The first kappa shape index (κ1) is 8.62. The number of anilines is 1. The Hall–Kier alpha value is -1.97. The molecule has 4 heteroatoms. The van der Waals surface area contributed by atoms with Gasteiger partial charge in [0, 0.05) is 16.6 Å². The maximum atomic E-state index is 11.2. The third-order valence-electron chi connectivity index (χ3n) is 2.10. The van der Waals surface area contributed by atoms with Crippen LogP contribution in [0.25, 0.3) is 10.9 Å². The minimum atomic E-state index is -0.388. The summed E-state index contributed by atoms with van der Waals surface area (Å²) in [5.74, 6) is -0.388. The maximum absolute atomic E-state index is 11.2. The highest BCUT2D eigenvalue weighted by atomic mass is 16.5. The number of rotatable bonds is 1. The molecule has 1 aromatic heterocycles. The number of aromatic nitrogens is 1. The van der Waals surface area contributed by atoms with Crippen molar-refractivity contribution >= 4 is 22.6 Å². The van der Waals surface area contributed by atoms with Crippen molar-refractivity contribution in [2.45, 2.75) is 0 Å². The van der Waals surface area contributed by atoms with E-state index in [4.69, 9.17) is 5.73 Å². The molecule has 4 nitrogen and oxygen atoms in total. The summed E-state index contributed by atoms with van der Waals surface area (Å²) >= 11 is 0. The predicted molar refractivity (Wildman–Crippen MR) is 54.1 cm³/mol. The molecule has 0 atom stereocenters. The Balaban J connectivity index is 2.62. The number of carbonyl (C=O) groups is 1. The second-order valence-corrected chi connectivity index (χ2v) is 2.98. The first-order valence-electron chi connectivity index (χ1n) is 4.18. The van der Waals surface area contributed by atoms with E-state index < -0.39 is 0 Å². The van der Waals surface area contributed by atoms with Crippen LogP contribution in [0.4, 0.5) is 5.69 Å². The lowest BCUT2D eigenvalue weighted by atomic mass is 10.2. The van der Waals surface area contributed by atoms with Gasteiger partial charge in [0.1, 0.15) is 5.69 Å². The summed E-state index contributed by atoms with van der Waals surface area (Å²) in [5.41, 5.74) is 7.64. The van der Waals surface area contributed by atoms with Crippen molar-refractivity contribution in [3.8, 4) is 0 Å². The van der Waals surface area contributed by atoms with E-state index in [0.29, 0.717) is 11.4 Å². The fourth-order valence-electron chi connectivity index (χ4n) is 1.40. The smallest absolute Gasteiger partial charge is 0.354 e. The number of methoxy groups -OCH3 is 1. The number of fused-ring (bicyclic) bond motifs is 1. The Kier molecular flexibility index (Phi) is 1.89. The van der Waals surface area contributed by atoms with E-state index in [-0.39, 0.29) is 5.97 Å². The number of esters is 1. The Bertz CT molecular complexity index is 488. The van der Waals surface area contributed by atoms with Gasteiger partial charge in [0.15, 0.2) is 0 Å². The van der Waals surface area contributed by atoms with Gasteiger partial charge >= 0.3 is 5.97 Å². The van der Waals surface area contributed by atoms with Gasteiger partial charge < -0.3 is 15.5 Å². The highest BCUT2D eigenvalue weighted by molar-refractivity contribution is 5.99. The van der Waals surface area contributed by atoms with Crippen molar-refractivity contribution in [2.75, 3.05) is 12.8 Å². The Morgan fingerprint density at radius 3 is 2.93 bits per heavy atom. The SMILES string of the molecule is COC(=O)c1cc2c(N)cccc2[nH]1. The average Bonchev–Trinajstić information content (AvgIpc) is 2.62. The van der Waals surface area contributed by atoms with Crippen LogP contribution in [0.15, 0.2) is 24.3 Å². The number of hydrogen-bond acceptors (Lipinski definition) is 3. The molecule has 0 unspecified atom stereocenters. The maximum Gasteiger partial charge on any atom is 0.354 e. The number of benzene rings is 1. The lowest BCUT2D eigenvalue weighted by Crippen LogP contribution is -2.00. The molecule has 0 aliphatic carbocycles. The number of nitrogen functional groups attached to an aromatic ring is 1. The van der Waals surface area contributed by atoms with E-state index in [9.17, 15) is 4.79 Å². The lowest BCUT2D eigenvalue weighted by molar-refractivity contribution is 0.0595. The molecule has 0 aliphatic heterocycles. The summed E-state index contributed by atoms with van der Waals surface area (Å²) < 4.78 is 4.59. The molecule has 72 valence electrons. The quantitative estimate of drug-likeness (QED) is 0.529. The second kappa shape index (κ2) is 3.06. The van der Waals surface area contributed by atoms with Gasteiger partial charge in [0.2, 0.25) is 0 Å². The van der Waals surface area contributed by atoms with Crippen molar-refractivity contribution in [2.24, 2.45) is 0 Å². The van der Waals surface area contributed by atoms with Gasteiger partial charge in [0.05, 0.1) is 7.11 Å². The van der Waals surface area contributed by atoms with E-state index in [2.05, 4.69) is 9.72 Å². The van der Waals surface area contributed by atoms with Crippen LogP contribution in [0, 0.1) is 0 Å². The summed E-state index contributed by atoms with van der Waals surface area (Å²) in [4.78, 5) is 14.1. The van der Waals surface area contributed by atoms with Gasteiger partial charge in [0.25, 0.3) is 0 Å². The number of aromatic amines is 1. The Labute approximate surface area is 80.7 Å². The zero-order valence-corrected chi connectivity index (χ0v) is 7.70. The van der Waals surface area contributed by atoms with Crippen LogP contribution in [0.1, 0.15) is 10.5 Å². The van der Waals surface area contributed by atoms with E-state index in [1.807, 2.05) is 12.1 Å². The van der Waals surface area contributed by atoms with Gasteiger partial charge in [-0.3, -0.25) is 0 Å². The first-order valence-corrected chi connectivity index (χ1v) is 4.18. The van der Waals surface area contributed by atoms with E-state index in [1.54, 1.807) is 12.1 Å². The summed E-state index contributed by atoms with van der Waals surface area (Å²) in [7, 11) is 1.34. The van der Waals surface area contributed by atoms with Crippen LogP contribution in [-0.2, 0) is 4.74 Å². The van der Waals surface area contributed by atoms with E-state index in [1.165, 1.54) is 7.11 Å². The van der Waals surface area contributed by atoms with Crippen LogP contribution in [0.3, 0.4) is 0 Å². The molecule has 2 aromatic rings. The van der Waals surface area contributed by atoms with Gasteiger partial charge in [-0.05, 0) is 18.2 Å². The zero-order chi connectivity index (χ0) is 10.1.